The summed E-state index contributed by atoms with van der Waals surface area (Å²) in [6.45, 7) is 10.5. The van der Waals surface area contributed by atoms with Crippen molar-refractivity contribution in [2.75, 3.05) is 0 Å². The summed E-state index contributed by atoms with van der Waals surface area (Å²) in [6, 6.07) is 18.0. The van der Waals surface area contributed by atoms with Crippen molar-refractivity contribution in [1.29, 1.82) is 0 Å². The smallest absolute Gasteiger partial charge is 0.00704 e. The molecule has 0 N–H and O–H groups in total. The van der Waals surface area contributed by atoms with Gasteiger partial charge in [-0.3, -0.25) is 0 Å². The summed E-state index contributed by atoms with van der Waals surface area (Å²) < 4.78 is 0. The third-order valence-corrected chi connectivity index (χ3v) is 7.00. The fourth-order valence-corrected chi connectivity index (χ4v) is 5.52. The molecule has 0 amide bonds. The Morgan fingerprint density at radius 1 is 0.906 bits per heavy atom. The van der Waals surface area contributed by atoms with Gasteiger partial charge in [-0.2, -0.15) is 0 Å². The summed E-state index contributed by atoms with van der Waals surface area (Å²) in [4.78, 5) is 0. The molecule has 0 bridgehead atoms. The van der Waals surface area contributed by atoms with Crippen LogP contribution < -0.4 is 0 Å². The van der Waals surface area contributed by atoms with Gasteiger partial charge in [0.25, 0.3) is 0 Å². The first kappa shape index (κ1) is 20.5. The van der Waals surface area contributed by atoms with Gasteiger partial charge >= 0.3 is 0 Å². The molecule has 0 nitrogen and oxygen atoms in total. The molecule has 5 rings (SSSR count). The van der Waals surface area contributed by atoms with E-state index < -0.39 is 0 Å². The van der Waals surface area contributed by atoms with E-state index in [9.17, 15) is 0 Å². The van der Waals surface area contributed by atoms with E-state index in [1.54, 1.807) is 0 Å². The van der Waals surface area contributed by atoms with E-state index in [2.05, 4.69) is 118 Å². The van der Waals surface area contributed by atoms with Gasteiger partial charge < -0.3 is 0 Å². The predicted molar refractivity (Wildman–Crippen MR) is 141 cm³/mol. The van der Waals surface area contributed by atoms with Gasteiger partial charge in [0.2, 0.25) is 0 Å². The minimum atomic E-state index is 0.320. The average Bonchev–Trinajstić information content (AvgIpc) is 3.08. The second-order valence-electron chi connectivity index (χ2n) is 9.02. The molecular weight excluding hydrogens is 384 g/mol. The number of rotatable bonds is 4. The monoisotopic (exact) mass is 414 g/mol. The maximum absolute atomic E-state index is 3.90. The van der Waals surface area contributed by atoms with E-state index in [0.29, 0.717) is 17.8 Å². The van der Waals surface area contributed by atoms with Crippen LogP contribution in [0.25, 0.3) is 27.1 Å². The van der Waals surface area contributed by atoms with Gasteiger partial charge in [0, 0.05) is 17.8 Å². The lowest BCUT2D eigenvalue weighted by molar-refractivity contribution is 0.657. The molecule has 2 aliphatic rings. The highest BCUT2D eigenvalue weighted by atomic mass is 14.4. The molecule has 158 valence electrons. The molecule has 3 atom stereocenters. The van der Waals surface area contributed by atoms with Crippen LogP contribution in [-0.4, -0.2) is 0 Å². The quantitative estimate of drug-likeness (QED) is 0.295. The Balaban J connectivity index is 1.72. The summed E-state index contributed by atoms with van der Waals surface area (Å²) in [5, 5.41) is 5.35. The van der Waals surface area contributed by atoms with Gasteiger partial charge in [0.1, 0.15) is 0 Å². The molecule has 0 aromatic heterocycles. The summed E-state index contributed by atoms with van der Waals surface area (Å²) in [5.41, 5.74) is 7.07. The molecule has 0 saturated carbocycles. The number of hydrogen-bond donors (Lipinski definition) is 0. The third kappa shape index (κ3) is 3.31. The molecule has 0 heteroatoms. The molecule has 32 heavy (non-hydrogen) atoms. The van der Waals surface area contributed by atoms with Gasteiger partial charge in [-0.15, -0.1) is 0 Å². The van der Waals surface area contributed by atoms with Crippen molar-refractivity contribution in [2.24, 2.45) is 11.8 Å². The lowest BCUT2D eigenvalue weighted by atomic mass is 9.79. The maximum atomic E-state index is 3.90. The number of hydrogen-bond acceptors (Lipinski definition) is 0. The summed E-state index contributed by atoms with van der Waals surface area (Å²) in [7, 11) is 0. The van der Waals surface area contributed by atoms with Crippen LogP contribution in [0, 0.1) is 11.8 Å². The zero-order valence-electron chi connectivity index (χ0n) is 19.2. The van der Waals surface area contributed by atoms with Crippen LogP contribution in [0.15, 0.2) is 115 Å². The van der Waals surface area contributed by atoms with Crippen LogP contribution in [0.5, 0.6) is 0 Å². The van der Waals surface area contributed by atoms with Crippen LogP contribution in [0.4, 0.5) is 0 Å². The lowest BCUT2D eigenvalue weighted by Crippen LogP contribution is -2.12. The lowest BCUT2D eigenvalue weighted by Gasteiger charge is -2.25. The van der Waals surface area contributed by atoms with E-state index >= 15 is 0 Å². The van der Waals surface area contributed by atoms with Crippen molar-refractivity contribution in [1.82, 2.24) is 0 Å². The van der Waals surface area contributed by atoms with Gasteiger partial charge in [-0.05, 0) is 57.7 Å². The molecule has 0 spiro atoms. The van der Waals surface area contributed by atoms with Crippen molar-refractivity contribution in [3.63, 3.8) is 0 Å². The fraction of sp³-hybridized carbons (Fsp3) is 0.188. The molecule has 3 unspecified atom stereocenters. The van der Waals surface area contributed by atoms with Gasteiger partial charge in [0.05, 0.1) is 0 Å². The van der Waals surface area contributed by atoms with Crippen LogP contribution in [0.3, 0.4) is 0 Å². The second-order valence-corrected chi connectivity index (χ2v) is 9.02. The molecule has 0 fully saturated rings. The average molecular weight is 415 g/mol. The standard InChI is InChI=1S/C32H30/c1-5-7-11-24-19-31-30(20-25(24)18-21(3)10-6-2)22(4)26-16-17-28-27-13-9-8-12-23(27)14-15-29(28)32(26)31/h5-20,22,24-25H,1H2,2-4H3/b10-6-,11-7+,21-18+. The first-order valence-corrected chi connectivity index (χ1v) is 11.6. The highest BCUT2D eigenvalue weighted by Crippen LogP contribution is 2.52. The van der Waals surface area contributed by atoms with Crippen molar-refractivity contribution in [2.45, 2.75) is 26.7 Å². The Kier molecular flexibility index (Phi) is 5.31. The maximum Gasteiger partial charge on any atom is 0.00704 e. The zero-order chi connectivity index (χ0) is 22.2. The molecule has 3 aromatic carbocycles. The minimum absolute atomic E-state index is 0.320. The minimum Gasteiger partial charge on any atom is -0.0991 e. The van der Waals surface area contributed by atoms with Crippen molar-refractivity contribution < 1.29 is 0 Å². The molecule has 0 saturated heterocycles. The van der Waals surface area contributed by atoms with Crippen LogP contribution in [0.2, 0.25) is 0 Å². The predicted octanol–water partition coefficient (Wildman–Crippen LogP) is 8.93. The van der Waals surface area contributed by atoms with E-state index in [1.807, 2.05) is 6.08 Å². The Morgan fingerprint density at radius 3 is 2.53 bits per heavy atom. The van der Waals surface area contributed by atoms with Crippen LogP contribution in [-0.2, 0) is 0 Å². The molecule has 0 heterocycles. The fourth-order valence-electron chi connectivity index (χ4n) is 5.52. The van der Waals surface area contributed by atoms with Gasteiger partial charge in [-0.25, -0.2) is 0 Å². The number of fused-ring (bicyclic) bond motifs is 7. The summed E-state index contributed by atoms with van der Waals surface area (Å²) >= 11 is 0. The molecule has 2 aliphatic carbocycles. The van der Waals surface area contributed by atoms with Gasteiger partial charge in [0.15, 0.2) is 0 Å². The first-order chi connectivity index (χ1) is 15.6. The highest BCUT2D eigenvalue weighted by Gasteiger charge is 2.34. The Morgan fingerprint density at radius 2 is 1.72 bits per heavy atom. The summed E-state index contributed by atoms with van der Waals surface area (Å²) in [5.74, 6) is 1.08. The Hall–Kier alpha value is -3.38. The van der Waals surface area contributed by atoms with Crippen molar-refractivity contribution in [3.8, 4) is 0 Å². The third-order valence-electron chi connectivity index (χ3n) is 7.00. The highest BCUT2D eigenvalue weighted by molar-refractivity contribution is 6.13. The largest absolute Gasteiger partial charge is 0.0991 e. The Labute approximate surface area is 191 Å². The molecular formula is C32H30. The van der Waals surface area contributed by atoms with Gasteiger partial charge in [-0.1, -0.05) is 116 Å². The molecule has 3 aromatic rings. The Bertz CT molecular complexity index is 1370. The van der Waals surface area contributed by atoms with E-state index in [4.69, 9.17) is 0 Å². The first-order valence-electron chi connectivity index (χ1n) is 11.6. The summed E-state index contributed by atoms with van der Waals surface area (Å²) in [6.07, 6.45) is 18.0. The SMILES string of the molecule is C=C/C=C/C1C=C2C(=CC1/C=C(C)/C=C\C)C(C)c1ccc3c(ccc4ccccc43)c12. The number of allylic oxidation sites excluding steroid dienone is 11. The van der Waals surface area contributed by atoms with Crippen LogP contribution in [0.1, 0.15) is 37.8 Å². The van der Waals surface area contributed by atoms with Crippen molar-refractivity contribution in [3.05, 3.63) is 126 Å². The molecule has 0 aliphatic heterocycles. The van der Waals surface area contributed by atoms with E-state index in [0.717, 1.165) is 0 Å². The molecule has 0 radical (unpaired) electrons. The topological polar surface area (TPSA) is 0 Å². The normalized spacial score (nSPS) is 23.0. The zero-order valence-corrected chi connectivity index (χ0v) is 19.2. The van der Waals surface area contributed by atoms with Crippen molar-refractivity contribution >= 4 is 27.1 Å². The number of benzene rings is 3. The second kappa shape index (κ2) is 8.28. The van der Waals surface area contributed by atoms with E-state index in [-0.39, 0.29) is 0 Å². The van der Waals surface area contributed by atoms with E-state index in [1.165, 1.54) is 49.4 Å². The van der Waals surface area contributed by atoms with Crippen LogP contribution >= 0.6 is 0 Å².